The molecule has 0 radical (unpaired) electrons. The second kappa shape index (κ2) is 12.5. The summed E-state index contributed by atoms with van der Waals surface area (Å²) < 4.78 is 24.2. The zero-order valence-corrected chi connectivity index (χ0v) is 25.8. The van der Waals surface area contributed by atoms with Gasteiger partial charge in [0.15, 0.2) is 6.61 Å². The number of imide groups is 1. The molecule has 3 heterocycles. The van der Waals surface area contributed by atoms with Gasteiger partial charge < -0.3 is 19.8 Å². The molecule has 0 saturated carbocycles. The highest BCUT2D eigenvalue weighted by Crippen LogP contribution is 2.54. The summed E-state index contributed by atoms with van der Waals surface area (Å²) in [6.45, 7) is 1.46. The Hall–Kier alpha value is -4.46. The quantitative estimate of drug-likeness (QED) is 0.193. The molecule has 4 aromatic rings. The maximum absolute atomic E-state index is 14.1. The van der Waals surface area contributed by atoms with E-state index in [2.05, 4.69) is 10.3 Å². The number of carbonyl (C=O) groups excluding carboxylic acids is 4. The van der Waals surface area contributed by atoms with Gasteiger partial charge in [0.05, 0.1) is 28.8 Å². The van der Waals surface area contributed by atoms with Crippen LogP contribution in [0.25, 0.3) is 0 Å². The molecule has 1 saturated heterocycles. The fourth-order valence-corrected chi connectivity index (χ4v) is 8.02. The first kappa shape index (κ1) is 30.6. The fraction of sp³-hybridized carbons (Fsp3) is 0.194. The number of aromatic nitrogens is 1. The average Bonchev–Trinajstić information content (AvgIpc) is 3.51. The molecule has 3 atom stereocenters. The lowest BCUT2D eigenvalue weighted by Crippen LogP contribution is -2.32. The Balaban J connectivity index is 1.33. The topological polar surface area (TPSA) is 135 Å². The van der Waals surface area contributed by atoms with E-state index in [-0.39, 0.29) is 28.5 Å². The van der Waals surface area contributed by atoms with Crippen molar-refractivity contribution in [2.75, 3.05) is 23.4 Å². The van der Waals surface area contributed by atoms with Crippen LogP contribution in [-0.2, 0) is 19.1 Å². The lowest BCUT2D eigenvalue weighted by Gasteiger charge is -2.31. The third-order valence-electron chi connectivity index (χ3n) is 7.25. The summed E-state index contributed by atoms with van der Waals surface area (Å²) in [5, 5.41) is 2.50. The van der Waals surface area contributed by atoms with Crippen molar-refractivity contribution >= 4 is 69.8 Å². The number of anilines is 2. The van der Waals surface area contributed by atoms with E-state index in [1.54, 1.807) is 25.1 Å². The lowest BCUT2D eigenvalue weighted by molar-refractivity contribution is -0.122. The van der Waals surface area contributed by atoms with Crippen molar-refractivity contribution in [3.05, 3.63) is 103 Å². The van der Waals surface area contributed by atoms with Gasteiger partial charge in [0, 0.05) is 27.1 Å². The van der Waals surface area contributed by atoms with Crippen LogP contribution in [0, 0.1) is 11.7 Å². The fourth-order valence-electron chi connectivity index (χ4n) is 5.34. The Morgan fingerprint density at radius 3 is 2.47 bits per heavy atom. The predicted octanol–water partition coefficient (Wildman–Crippen LogP) is 5.22. The van der Waals surface area contributed by atoms with E-state index < -0.39 is 53.2 Å². The summed E-state index contributed by atoms with van der Waals surface area (Å²) in [6.07, 6.45) is 0. The number of H-pyrrole nitrogens is 1. The number of nitrogens with one attached hydrogen (secondary N) is 2. The van der Waals surface area contributed by atoms with Gasteiger partial charge >= 0.3 is 10.8 Å². The molecule has 3 aromatic carbocycles. The molecule has 2 aliphatic rings. The average molecular weight is 668 g/mol. The van der Waals surface area contributed by atoms with Crippen molar-refractivity contribution in [1.82, 2.24) is 4.98 Å². The third-order valence-corrected chi connectivity index (χ3v) is 9.89. The van der Waals surface area contributed by atoms with Crippen LogP contribution in [0.15, 0.2) is 76.6 Å². The number of nitrogens with zero attached hydrogens (tertiary/aromatic N) is 1. The molecule has 45 heavy (non-hydrogen) atoms. The van der Waals surface area contributed by atoms with Gasteiger partial charge in [0.1, 0.15) is 16.8 Å². The summed E-state index contributed by atoms with van der Waals surface area (Å²) in [7, 11) is 0. The minimum absolute atomic E-state index is 0.200. The van der Waals surface area contributed by atoms with E-state index in [0.717, 1.165) is 28.0 Å². The van der Waals surface area contributed by atoms with Crippen molar-refractivity contribution in [2.24, 2.45) is 5.92 Å². The van der Waals surface area contributed by atoms with Gasteiger partial charge in [-0.25, -0.2) is 14.1 Å². The zero-order valence-electron chi connectivity index (χ0n) is 23.4. The van der Waals surface area contributed by atoms with E-state index in [0.29, 0.717) is 26.2 Å². The smallest absolute Gasteiger partial charge is 0.338 e. The number of thioether (sulfide) groups is 1. The number of benzene rings is 3. The number of halogens is 2. The third kappa shape index (κ3) is 5.98. The minimum Gasteiger partial charge on any atom is -0.483 e. The van der Waals surface area contributed by atoms with Crippen LogP contribution >= 0.6 is 34.7 Å². The minimum atomic E-state index is -0.944. The molecule has 14 heteroatoms. The summed E-state index contributed by atoms with van der Waals surface area (Å²) in [5.41, 5.74) is 1.35. The van der Waals surface area contributed by atoms with Gasteiger partial charge in [-0.3, -0.25) is 19.2 Å². The van der Waals surface area contributed by atoms with E-state index in [9.17, 15) is 28.4 Å². The monoisotopic (exact) mass is 667 g/mol. The van der Waals surface area contributed by atoms with Crippen molar-refractivity contribution in [1.29, 1.82) is 0 Å². The predicted molar refractivity (Wildman–Crippen MR) is 167 cm³/mol. The number of thiazole rings is 1. The molecule has 0 spiro atoms. The number of carbonyl (C=O) groups is 4. The summed E-state index contributed by atoms with van der Waals surface area (Å²) >= 11 is 8.44. The molecule has 6 rings (SSSR count). The molecule has 3 amide bonds. The Morgan fingerprint density at radius 1 is 1.02 bits per heavy atom. The molecule has 1 fully saturated rings. The molecule has 10 nitrogen and oxygen atoms in total. The van der Waals surface area contributed by atoms with Crippen LogP contribution in [0.3, 0.4) is 0 Å². The molecule has 0 aliphatic carbocycles. The van der Waals surface area contributed by atoms with Gasteiger partial charge in [-0.1, -0.05) is 34.7 Å². The summed E-state index contributed by atoms with van der Waals surface area (Å²) in [6, 6.07) is 15.9. The van der Waals surface area contributed by atoms with Crippen molar-refractivity contribution in [2.45, 2.75) is 23.1 Å². The number of hydrogen-bond acceptors (Lipinski definition) is 9. The lowest BCUT2D eigenvalue weighted by atomic mass is 9.82. The van der Waals surface area contributed by atoms with Crippen molar-refractivity contribution < 1.29 is 33.0 Å². The largest absolute Gasteiger partial charge is 0.483 e. The van der Waals surface area contributed by atoms with Crippen LogP contribution in [0.4, 0.5) is 15.8 Å². The van der Waals surface area contributed by atoms with Crippen molar-refractivity contribution in [3.8, 4) is 5.75 Å². The van der Waals surface area contributed by atoms with Crippen LogP contribution in [0.1, 0.15) is 33.6 Å². The Kier molecular flexibility index (Phi) is 8.49. The van der Waals surface area contributed by atoms with Gasteiger partial charge in [-0.15, -0.1) is 0 Å². The highest BCUT2D eigenvalue weighted by Gasteiger charge is 2.57. The Labute approximate surface area is 268 Å². The maximum Gasteiger partial charge on any atom is 0.338 e. The van der Waals surface area contributed by atoms with Crippen LogP contribution < -0.4 is 19.8 Å². The Bertz CT molecular complexity index is 1880. The number of ether oxygens (including phenoxy) is 2. The zero-order chi connectivity index (χ0) is 31.8. The molecule has 2 aliphatic heterocycles. The molecule has 1 aromatic heterocycles. The van der Waals surface area contributed by atoms with Crippen LogP contribution in [-0.4, -0.2) is 47.1 Å². The van der Waals surface area contributed by atoms with Crippen LogP contribution in [0.5, 0.6) is 5.75 Å². The van der Waals surface area contributed by atoms with E-state index in [1.807, 2.05) is 0 Å². The second-order valence-corrected chi connectivity index (χ2v) is 12.7. The standard InChI is InChI=1S/C31H23ClFN3O7S2/c1-2-42-30(40)15-3-10-19(11-4-15)36-28(38)24-23(25-27(35-31(41)45-25)44-26(24)29(36)39)20-13-16(32)5-12-21(20)43-14-22(37)34-18-8-6-17(33)7-9-18/h3-13,23-24,26H,2,14H2,1H3,(H,34,37)(H,35,41)/t23-,24-,26+/m0/s1. The molecular weight excluding hydrogens is 645 g/mol. The number of hydrogen-bond donors (Lipinski definition) is 2. The first-order valence-corrected chi connectivity index (χ1v) is 15.7. The number of rotatable bonds is 8. The molecule has 0 unspecified atom stereocenters. The van der Waals surface area contributed by atoms with Crippen molar-refractivity contribution in [3.63, 3.8) is 0 Å². The molecular formula is C31H23ClFN3O7S2. The van der Waals surface area contributed by atoms with Gasteiger partial charge in [-0.05, 0) is 73.7 Å². The number of aromatic amines is 1. The highest BCUT2D eigenvalue weighted by atomic mass is 35.5. The highest BCUT2D eigenvalue weighted by molar-refractivity contribution is 8.00. The molecule has 2 N–H and O–H groups in total. The maximum atomic E-state index is 14.1. The number of amides is 3. The van der Waals surface area contributed by atoms with E-state index in [4.69, 9.17) is 21.1 Å². The van der Waals surface area contributed by atoms with Gasteiger partial charge in [-0.2, -0.15) is 0 Å². The SMILES string of the molecule is CCOC(=O)c1ccc(N2C(=O)[C@H]3[C@H](c4cc(Cl)ccc4OCC(=O)Nc4ccc(F)cc4)c4sc(=O)[nH]c4S[C@H]3C2=O)cc1. The van der Waals surface area contributed by atoms with E-state index >= 15 is 0 Å². The van der Waals surface area contributed by atoms with Gasteiger partial charge in [0.25, 0.3) is 5.91 Å². The number of esters is 1. The first-order chi connectivity index (χ1) is 21.6. The molecule has 230 valence electrons. The normalized spacial score (nSPS) is 18.7. The van der Waals surface area contributed by atoms with E-state index in [1.165, 1.54) is 48.5 Å². The molecule has 0 bridgehead atoms. The Morgan fingerprint density at radius 2 is 1.76 bits per heavy atom. The van der Waals surface area contributed by atoms with Crippen LogP contribution in [0.2, 0.25) is 5.02 Å². The second-order valence-electron chi connectivity index (χ2n) is 10.1. The number of fused-ring (bicyclic) bond motifs is 2. The summed E-state index contributed by atoms with van der Waals surface area (Å²) in [4.78, 5) is 69.2. The first-order valence-electron chi connectivity index (χ1n) is 13.7. The summed E-state index contributed by atoms with van der Waals surface area (Å²) in [5.74, 6) is -4.00. The van der Waals surface area contributed by atoms with Gasteiger partial charge in [0.2, 0.25) is 11.8 Å².